The molecule has 54 heavy (non-hydrogen) atoms. The van der Waals surface area contributed by atoms with Crippen LogP contribution in [0.15, 0.2) is 48.4 Å². The molecule has 1 N–H and O–H groups in total. The highest BCUT2D eigenvalue weighted by Crippen LogP contribution is 2.20. The van der Waals surface area contributed by atoms with Crippen molar-refractivity contribution in [3.05, 3.63) is 54.6 Å². The third kappa shape index (κ3) is 28.0. The minimum atomic E-state index is -4.57. The van der Waals surface area contributed by atoms with Crippen LogP contribution in [0.4, 0.5) is 0 Å². The van der Waals surface area contributed by atoms with Gasteiger partial charge in [-0.3, -0.25) is 4.55 Å². The largest absolute Gasteiger partial charge is 0.462 e. The lowest BCUT2D eigenvalue weighted by Gasteiger charge is -2.11. The molecule has 0 spiro atoms. The van der Waals surface area contributed by atoms with Gasteiger partial charge in [-0.2, -0.15) is 8.42 Å². The van der Waals surface area contributed by atoms with Gasteiger partial charge in [-0.25, -0.2) is 9.59 Å². The lowest BCUT2D eigenvalue weighted by Crippen LogP contribution is -2.16. The van der Waals surface area contributed by atoms with Gasteiger partial charge in [-0.1, -0.05) is 179 Å². The highest BCUT2D eigenvalue weighted by molar-refractivity contribution is 7.85. The number of carbonyl (C=O) groups excluding carboxylic acids is 2. The first-order valence-corrected chi connectivity index (χ1v) is 23.4. The number of benzene rings is 1. The molecule has 7 nitrogen and oxygen atoms in total. The second kappa shape index (κ2) is 35.0. The van der Waals surface area contributed by atoms with E-state index in [1.54, 1.807) is 0 Å². The number of hydrogen-bond donors (Lipinski definition) is 1. The van der Waals surface area contributed by atoms with Gasteiger partial charge in [0.2, 0.25) is 0 Å². The molecule has 1 aromatic rings. The number of esters is 2. The van der Waals surface area contributed by atoms with Crippen LogP contribution in [0.2, 0.25) is 0 Å². The summed E-state index contributed by atoms with van der Waals surface area (Å²) in [7, 11) is -4.57. The molecule has 0 aliphatic rings. The number of hydrogen-bond acceptors (Lipinski definition) is 6. The van der Waals surface area contributed by atoms with Crippen LogP contribution in [-0.4, -0.2) is 38.1 Å². The van der Waals surface area contributed by atoms with E-state index < -0.39 is 27.0 Å². The maximum atomic E-state index is 13.0. The summed E-state index contributed by atoms with van der Waals surface area (Å²) in [6.07, 6.45) is 43.0. The topological polar surface area (TPSA) is 107 Å². The first-order chi connectivity index (χ1) is 26.3. The maximum Gasteiger partial charge on any atom is 0.339 e. The van der Waals surface area contributed by atoms with Gasteiger partial charge in [-0.15, -0.1) is 13.2 Å². The monoisotopic (exact) mass is 775 g/mol. The minimum absolute atomic E-state index is 0.0600. The molecule has 0 unspecified atom stereocenters. The van der Waals surface area contributed by atoms with E-state index in [0.29, 0.717) is 6.42 Å². The van der Waals surface area contributed by atoms with Gasteiger partial charge in [0.05, 0.1) is 29.2 Å². The van der Waals surface area contributed by atoms with Crippen molar-refractivity contribution in [2.45, 2.75) is 210 Å². The average molecular weight is 775 g/mol. The molecule has 0 aliphatic heterocycles. The smallest absolute Gasteiger partial charge is 0.339 e. The summed E-state index contributed by atoms with van der Waals surface area (Å²) in [6.45, 7) is 7.95. The van der Waals surface area contributed by atoms with Crippen molar-refractivity contribution in [1.29, 1.82) is 0 Å². The summed E-state index contributed by atoms with van der Waals surface area (Å²) < 4.78 is 43.9. The zero-order chi connectivity index (χ0) is 39.4. The molecule has 1 rings (SSSR count). The molecule has 1 aromatic carbocycles. The van der Waals surface area contributed by atoms with Crippen molar-refractivity contribution >= 4 is 22.1 Å². The Morgan fingerprint density at radius 2 is 0.741 bits per heavy atom. The van der Waals surface area contributed by atoms with Crippen LogP contribution in [-0.2, 0) is 19.6 Å². The SMILES string of the molecule is C=CCCCCCCCCCCCCCCCCCOC(=O)c1ccc(S(=O)(=O)O)cc1C(=O)OCCCCCCCCCCCCCCCCCC=C. The van der Waals surface area contributed by atoms with Gasteiger partial charge < -0.3 is 9.47 Å². The summed E-state index contributed by atoms with van der Waals surface area (Å²) in [6, 6.07) is 3.30. The second-order valence-electron chi connectivity index (χ2n) is 15.2. The molecule has 0 radical (unpaired) electrons. The van der Waals surface area contributed by atoms with E-state index in [1.807, 2.05) is 12.2 Å². The summed E-state index contributed by atoms with van der Waals surface area (Å²) in [5, 5.41) is 0. The number of unbranched alkanes of at least 4 members (excludes halogenated alkanes) is 30. The van der Waals surface area contributed by atoms with Crippen LogP contribution < -0.4 is 0 Å². The lowest BCUT2D eigenvalue weighted by molar-refractivity contribution is 0.0450. The molecule has 0 amide bonds. The van der Waals surface area contributed by atoms with Crippen LogP contribution in [0.1, 0.15) is 226 Å². The van der Waals surface area contributed by atoms with Gasteiger partial charge in [0.1, 0.15) is 0 Å². The van der Waals surface area contributed by atoms with Crippen molar-refractivity contribution in [2.75, 3.05) is 13.2 Å². The highest BCUT2D eigenvalue weighted by Gasteiger charge is 2.23. The zero-order valence-corrected chi connectivity index (χ0v) is 35.0. The third-order valence-corrected chi connectivity index (χ3v) is 11.1. The fourth-order valence-electron chi connectivity index (χ4n) is 6.89. The van der Waals surface area contributed by atoms with E-state index in [9.17, 15) is 22.6 Å². The van der Waals surface area contributed by atoms with E-state index >= 15 is 0 Å². The molecular formula is C46H78O7S. The van der Waals surface area contributed by atoms with E-state index in [1.165, 1.54) is 154 Å². The van der Waals surface area contributed by atoms with Crippen molar-refractivity contribution in [3.8, 4) is 0 Å². The Hall–Kier alpha value is -2.45. The maximum absolute atomic E-state index is 13.0. The van der Waals surface area contributed by atoms with Crippen LogP contribution in [0.3, 0.4) is 0 Å². The molecule has 0 saturated heterocycles. The quantitative estimate of drug-likeness (QED) is 0.0307. The predicted molar refractivity (Wildman–Crippen MR) is 225 cm³/mol. The Morgan fingerprint density at radius 3 is 1.04 bits per heavy atom. The Balaban J connectivity index is 2.19. The molecule has 0 saturated carbocycles. The standard InChI is InChI=1S/C46H78O7S/c1-3-5-7-9-11-13-15-17-19-21-23-25-27-29-31-33-35-39-52-45(47)43-38-37-42(54(49,50)51)41-44(43)46(48)53-40-36-34-32-30-28-26-24-22-20-18-16-14-12-10-8-6-4-2/h3-4,37-38,41H,1-2,5-36,39-40H2,(H,49,50,51). The summed E-state index contributed by atoms with van der Waals surface area (Å²) >= 11 is 0. The Bertz CT molecular complexity index is 1210. The van der Waals surface area contributed by atoms with Crippen molar-refractivity contribution in [1.82, 2.24) is 0 Å². The molecule has 0 heterocycles. The number of allylic oxidation sites excluding steroid dienone is 2. The Morgan fingerprint density at radius 1 is 0.463 bits per heavy atom. The average Bonchev–Trinajstić information content (AvgIpc) is 3.16. The molecule has 0 fully saturated rings. The van der Waals surface area contributed by atoms with Crippen LogP contribution in [0.5, 0.6) is 0 Å². The van der Waals surface area contributed by atoms with Crippen LogP contribution >= 0.6 is 0 Å². The number of carbonyl (C=O) groups is 2. The van der Waals surface area contributed by atoms with E-state index in [0.717, 1.165) is 63.5 Å². The van der Waals surface area contributed by atoms with Crippen molar-refractivity contribution in [2.24, 2.45) is 0 Å². The fourth-order valence-corrected chi connectivity index (χ4v) is 7.40. The summed E-state index contributed by atoms with van der Waals surface area (Å²) in [4.78, 5) is 25.4. The summed E-state index contributed by atoms with van der Waals surface area (Å²) in [5.74, 6) is -1.50. The summed E-state index contributed by atoms with van der Waals surface area (Å²) in [5.41, 5.74) is -0.270. The first kappa shape index (κ1) is 49.6. The second-order valence-corrected chi connectivity index (χ2v) is 16.6. The molecular weight excluding hydrogens is 697 g/mol. The van der Waals surface area contributed by atoms with Crippen LogP contribution in [0, 0.1) is 0 Å². The van der Waals surface area contributed by atoms with Gasteiger partial charge in [0, 0.05) is 0 Å². The van der Waals surface area contributed by atoms with E-state index in [4.69, 9.17) is 9.47 Å². The van der Waals surface area contributed by atoms with Gasteiger partial charge in [-0.05, 0) is 56.7 Å². The first-order valence-electron chi connectivity index (χ1n) is 22.0. The van der Waals surface area contributed by atoms with E-state index in [2.05, 4.69) is 13.2 Å². The number of ether oxygens (including phenoxy) is 2. The van der Waals surface area contributed by atoms with Gasteiger partial charge in [0.25, 0.3) is 10.1 Å². The third-order valence-electron chi connectivity index (χ3n) is 10.3. The zero-order valence-electron chi connectivity index (χ0n) is 34.1. The van der Waals surface area contributed by atoms with Crippen molar-refractivity contribution in [3.63, 3.8) is 0 Å². The number of rotatable bonds is 39. The highest BCUT2D eigenvalue weighted by atomic mass is 32.2. The Kier molecular flexibility index (Phi) is 32.1. The fraction of sp³-hybridized carbons (Fsp3) is 0.739. The normalized spacial score (nSPS) is 11.4. The Labute approximate surface area is 331 Å². The van der Waals surface area contributed by atoms with Crippen LogP contribution in [0.25, 0.3) is 0 Å². The van der Waals surface area contributed by atoms with Crippen molar-refractivity contribution < 1.29 is 32.0 Å². The van der Waals surface area contributed by atoms with Gasteiger partial charge in [0.15, 0.2) is 0 Å². The minimum Gasteiger partial charge on any atom is -0.462 e. The lowest BCUT2D eigenvalue weighted by atomic mass is 10.0. The predicted octanol–water partition coefficient (Wildman–Crippen LogP) is 14.1. The molecule has 0 bridgehead atoms. The van der Waals surface area contributed by atoms with E-state index in [-0.39, 0.29) is 24.3 Å². The molecule has 310 valence electrons. The molecule has 0 aromatic heterocycles. The molecule has 8 heteroatoms. The van der Waals surface area contributed by atoms with Gasteiger partial charge >= 0.3 is 11.9 Å². The molecule has 0 atom stereocenters. The molecule has 0 aliphatic carbocycles.